The molecule has 1 unspecified atom stereocenters. The molecule has 0 radical (unpaired) electrons. The van der Waals surface area contributed by atoms with Gasteiger partial charge in [-0.1, -0.05) is 26.3 Å². The quantitative estimate of drug-likeness (QED) is 0.591. The summed E-state index contributed by atoms with van der Waals surface area (Å²) in [5, 5.41) is 0. The van der Waals surface area contributed by atoms with E-state index in [-0.39, 0.29) is 0 Å². The third kappa shape index (κ3) is 4.39. The van der Waals surface area contributed by atoms with Gasteiger partial charge in [0.05, 0.1) is 35.1 Å². The van der Waals surface area contributed by atoms with Crippen LogP contribution < -0.4 is 4.74 Å². The van der Waals surface area contributed by atoms with Crippen molar-refractivity contribution < 1.29 is 9.53 Å². The number of carbonyl (C=O) groups excluding carboxylic acids is 1. The predicted octanol–water partition coefficient (Wildman–Crippen LogP) is 5.00. The first kappa shape index (κ1) is 21.2. The van der Waals surface area contributed by atoms with E-state index in [9.17, 15) is 4.79 Å². The normalized spacial score (nSPS) is 16.7. The molecule has 2 aromatic heterocycles. The van der Waals surface area contributed by atoms with Crippen LogP contribution >= 0.6 is 0 Å². The zero-order chi connectivity index (χ0) is 21.0. The van der Waals surface area contributed by atoms with Gasteiger partial charge in [0, 0.05) is 18.1 Å². The van der Waals surface area contributed by atoms with Gasteiger partial charge in [0.25, 0.3) is 0 Å². The van der Waals surface area contributed by atoms with Crippen molar-refractivity contribution in [1.82, 2.24) is 15.0 Å². The minimum atomic E-state index is 0.343. The molecule has 154 valence electrons. The van der Waals surface area contributed by atoms with Crippen molar-refractivity contribution >= 4 is 11.9 Å². The third-order valence-corrected chi connectivity index (χ3v) is 5.77. The molecule has 2 heterocycles. The van der Waals surface area contributed by atoms with Crippen molar-refractivity contribution in [3.8, 4) is 17.1 Å². The van der Waals surface area contributed by atoms with Gasteiger partial charge < -0.3 is 9.53 Å². The van der Waals surface area contributed by atoms with Crippen molar-refractivity contribution in [2.45, 2.75) is 60.3 Å². The molecule has 29 heavy (non-hydrogen) atoms. The lowest BCUT2D eigenvalue weighted by Gasteiger charge is -2.27. The zero-order valence-corrected chi connectivity index (χ0v) is 18.2. The molecular weight excluding hydrogens is 362 g/mol. The van der Waals surface area contributed by atoms with Crippen molar-refractivity contribution in [3.05, 3.63) is 41.0 Å². The monoisotopic (exact) mass is 393 g/mol. The molecule has 0 fully saturated rings. The highest BCUT2D eigenvalue weighted by atomic mass is 16.5. The number of carbonyl (C=O) groups is 1. The molecule has 0 amide bonds. The molecule has 2 aromatic rings. The minimum Gasteiger partial charge on any atom is -0.478 e. The number of hydrogen-bond acceptors (Lipinski definition) is 5. The number of aldehydes is 1. The molecule has 5 nitrogen and oxygen atoms in total. The fourth-order valence-corrected chi connectivity index (χ4v) is 4.23. The van der Waals surface area contributed by atoms with Crippen LogP contribution in [0.5, 0.6) is 5.88 Å². The second kappa shape index (κ2) is 9.29. The van der Waals surface area contributed by atoms with Gasteiger partial charge in [0.2, 0.25) is 5.88 Å². The Morgan fingerprint density at radius 1 is 1.14 bits per heavy atom. The summed E-state index contributed by atoms with van der Waals surface area (Å²) >= 11 is 0. The Morgan fingerprint density at radius 2 is 1.93 bits per heavy atom. The number of hydrogen-bond donors (Lipinski definition) is 0. The average molecular weight is 394 g/mol. The van der Waals surface area contributed by atoms with E-state index >= 15 is 0 Å². The largest absolute Gasteiger partial charge is 0.478 e. The molecule has 2 atom stereocenters. The molecule has 3 rings (SSSR count). The topological polar surface area (TPSA) is 65.0 Å². The van der Waals surface area contributed by atoms with Crippen LogP contribution in [0.4, 0.5) is 0 Å². The standard InChI is InChI=1S/C24H31N3O2/c1-6-17(11-12-28)18-13-15(4)23-21(14-18)25-16(5)24(27-23)19-9-10-22(29-8-3)26-20(19)7-2/h9-10,12-13,17-18H,6-8,11,14H2,1-5H3/t17-,18?/m0/s1. The van der Waals surface area contributed by atoms with Crippen LogP contribution in [0.15, 0.2) is 18.2 Å². The Kier molecular flexibility index (Phi) is 6.78. The lowest BCUT2D eigenvalue weighted by Crippen LogP contribution is -2.21. The molecule has 0 saturated heterocycles. The Hall–Kier alpha value is -2.56. The summed E-state index contributed by atoms with van der Waals surface area (Å²) in [6.07, 6.45) is 6.56. The number of allylic oxidation sites excluding steroid dienone is 2. The fraction of sp³-hybridized carbons (Fsp3) is 0.500. The Labute approximate surface area is 173 Å². The van der Waals surface area contributed by atoms with Gasteiger partial charge in [-0.15, -0.1) is 0 Å². The van der Waals surface area contributed by atoms with Crippen LogP contribution in [0.25, 0.3) is 16.8 Å². The molecule has 0 aliphatic heterocycles. The minimum absolute atomic E-state index is 0.343. The third-order valence-electron chi connectivity index (χ3n) is 5.77. The van der Waals surface area contributed by atoms with Crippen LogP contribution in [0.3, 0.4) is 0 Å². The van der Waals surface area contributed by atoms with Gasteiger partial charge in [-0.3, -0.25) is 4.98 Å². The number of aryl methyl sites for hydroxylation is 2. The summed E-state index contributed by atoms with van der Waals surface area (Å²) in [5.41, 5.74) is 6.96. The van der Waals surface area contributed by atoms with E-state index in [0.29, 0.717) is 30.7 Å². The lowest BCUT2D eigenvalue weighted by molar-refractivity contribution is -0.108. The average Bonchev–Trinajstić information content (AvgIpc) is 2.71. The molecule has 1 aliphatic carbocycles. The maximum absolute atomic E-state index is 11.1. The zero-order valence-electron chi connectivity index (χ0n) is 18.2. The number of fused-ring (bicyclic) bond motifs is 1. The van der Waals surface area contributed by atoms with E-state index in [4.69, 9.17) is 14.7 Å². The van der Waals surface area contributed by atoms with Crippen molar-refractivity contribution in [2.24, 2.45) is 11.8 Å². The molecule has 1 aliphatic rings. The molecule has 5 heteroatoms. The van der Waals surface area contributed by atoms with Crippen molar-refractivity contribution in [3.63, 3.8) is 0 Å². The first-order valence-corrected chi connectivity index (χ1v) is 10.6. The van der Waals surface area contributed by atoms with Gasteiger partial charge >= 0.3 is 0 Å². The molecular formula is C24H31N3O2. The first-order valence-electron chi connectivity index (χ1n) is 10.6. The Bertz CT molecular complexity index is 921. The Morgan fingerprint density at radius 3 is 2.59 bits per heavy atom. The number of aromatic nitrogens is 3. The Balaban J connectivity index is 2.01. The van der Waals surface area contributed by atoms with E-state index in [1.165, 1.54) is 0 Å². The first-order chi connectivity index (χ1) is 14.0. The number of pyridine rings is 1. The van der Waals surface area contributed by atoms with Crippen molar-refractivity contribution in [2.75, 3.05) is 6.61 Å². The van der Waals surface area contributed by atoms with Gasteiger partial charge in [-0.25, -0.2) is 9.97 Å². The molecule has 0 spiro atoms. The summed E-state index contributed by atoms with van der Waals surface area (Å²) in [6.45, 7) is 10.9. The van der Waals surface area contributed by atoms with Crippen LogP contribution in [-0.4, -0.2) is 27.8 Å². The highest BCUT2D eigenvalue weighted by molar-refractivity contribution is 5.71. The fourth-order valence-electron chi connectivity index (χ4n) is 4.23. The summed E-state index contributed by atoms with van der Waals surface area (Å²) in [6, 6.07) is 3.95. The van der Waals surface area contributed by atoms with E-state index < -0.39 is 0 Å². The number of ether oxygens (including phenoxy) is 1. The van der Waals surface area contributed by atoms with E-state index in [0.717, 1.165) is 65.2 Å². The molecule has 0 N–H and O–H groups in total. The summed E-state index contributed by atoms with van der Waals surface area (Å²) in [5.74, 6) is 1.35. The highest BCUT2D eigenvalue weighted by Crippen LogP contribution is 2.35. The van der Waals surface area contributed by atoms with Gasteiger partial charge in [0.15, 0.2) is 0 Å². The smallest absolute Gasteiger partial charge is 0.213 e. The van der Waals surface area contributed by atoms with E-state index in [2.05, 4.69) is 31.8 Å². The summed E-state index contributed by atoms with van der Waals surface area (Å²) in [4.78, 5) is 25.7. The van der Waals surface area contributed by atoms with E-state index in [1.807, 2.05) is 26.0 Å². The number of rotatable bonds is 8. The van der Waals surface area contributed by atoms with Gasteiger partial charge in [0.1, 0.15) is 6.29 Å². The second-order valence-corrected chi connectivity index (χ2v) is 7.67. The van der Waals surface area contributed by atoms with Crippen molar-refractivity contribution in [1.29, 1.82) is 0 Å². The second-order valence-electron chi connectivity index (χ2n) is 7.67. The molecule has 0 saturated carbocycles. The molecule has 0 bridgehead atoms. The maximum Gasteiger partial charge on any atom is 0.213 e. The van der Waals surface area contributed by atoms with Crippen LogP contribution in [0, 0.1) is 18.8 Å². The highest BCUT2D eigenvalue weighted by Gasteiger charge is 2.27. The van der Waals surface area contributed by atoms with Crippen LogP contribution in [-0.2, 0) is 17.6 Å². The summed E-state index contributed by atoms with van der Waals surface area (Å²) in [7, 11) is 0. The predicted molar refractivity (Wildman–Crippen MR) is 116 cm³/mol. The van der Waals surface area contributed by atoms with E-state index in [1.54, 1.807) is 0 Å². The van der Waals surface area contributed by atoms with Gasteiger partial charge in [-0.2, -0.15) is 0 Å². The van der Waals surface area contributed by atoms with Crippen LogP contribution in [0.1, 0.15) is 63.3 Å². The van der Waals surface area contributed by atoms with Crippen LogP contribution in [0.2, 0.25) is 0 Å². The van der Waals surface area contributed by atoms with Gasteiger partial charge in [-0.05, 0) is 57.1 Å². The SMILES string of the molecule is CCOc1ccc(-c2nc3c(nc2C)CC([C@@H](CC)CC=O)C=C3C)c(CC)n1. The maximum atomic E-state index is 11.1. The lowest BCUT2D eigenvalue weighted by atomic mass is 9.79. The summed E-state index contributed by atoms with van der Waals surface area (Å²) < 4.78 is 5.56. The molecule has 0 aromatic carbocycles. The number of nitrogens with zero attached hydrogens (tertiary/aromatic N) is 3.